The number of carbonyl (C=O) groups excluding carboxylic acids is 1. The molecule has 1 rings (SSSR count). The van der Waals surface area contributed by atoms with Crippen molar-refractivity contribution < 1.29 is 19.4 Å². The lowest BCUT2D eigenvalue weighted by Gasteiger charge is -2.18. The number of hydrogen-bond acceptors (Lipinski definition) is 3. The Kier molecular flexibility index (Phi) is 6.18. The minimum atomic E-state index is -1.01. The van der Waals surface area contributed by atoms with E-state index in [4.69, 9.17) is 9.84 Å². The van der Waals surface area contributed by atoms with E-state index < -0.39 is 12.0 Å². The lowest BCUT2D eigenvalue weighted by molar-refractivity contribution is -0.143. The molecule has 0 heterocycles. The van der Waals surface area contributed by atoms with Crippen molar-refractivity contribution in [1.82, 2.24) is 5.32 Å². The van der Waals surface area contributed by atoms with E-state index in [1.54, 1.807) is 21.0 Å². The number of carboxylic acids is 1. The molecule has 0 spiro atoms. The van der Waals surface area contributed by atoms with Gasteiger partial charge in [0.1, 0.15) is 6.04 Å². The minimum absolute atomic E-state index is 0.156. The second-order valence-electron chi connectivity index (χ2n) is 5.06. The van der Waals surface area contributed by atoms with E-state index in [-0.39, 0.29) is 18.2 Å². The fraction of sp³-hybridized carbons (Fsp3) is 0.467. The number of benzene rings is 1. The smallest absolute Gasteiger partial charge is 0.326 e. The number of rotatable bonds is 7. The van der Waals surface area contributed by atoms with Crippen LogP contribution in [-0.4, -0.2) is 30.1 Å². The van der Waals surface area contributed by atoms with Gasteiger partial charge in [-0.3, -0.25) is 4.79 Å². The van der Waals surface area contributed by atoms with Crippen molar-refractivity contribution in [3.8, 4) is 0 Å². The number of nitrogens with one attached hydrogen (secondary N) is 1. The molecule has 0 saturated heterocycles. The number of hydrogen-bond donors (Lipinski definition) is 2. The monoisotopic (exact) mass is 279 g/mol. The summed E-state index contributed by atoms with van der Waals surface area (Å²) in [6.45, 7) is 4.01. The van der Waals surface area contributed by atoms with Gasteiger partial charge in [-0.05, 0) is 17.0 Å². The second-order valence-corrected chi connectivity index (χ2v) is 5.06. The predicted octanol–water partition coefficient (Wildman–Crippen LogP) is 1.60. The van der Waals surface area contributed by atoms with Gasteiger partial charge in [-0.1, -0.05) is 38.1 Å². The first kappa shape index (κ1) is 16.2. The summed E-state index contributed by atoms with van der Waals surface area (Å²) < 4.78 is 5.04. The van der Waals surface area contributed by atoms with Crippen molar-refractivity contribution in [1.29, 1.82) is 0 Å². The summed E-state index contributed by atoms with van der Waals surface area (Å²) in [4.78, 5) is 22.9. The Hall–Kier alpha value is -1.88. The molecule has 0 aromatic heterocycles. The van der Waals surface area contributed by atoms with Crippen LogP contribution in [0.15, 0.2) is 24.3 Å². The Balaban J connectivity index is 2.66. The van der Waals surface area contributed by atoms with Gasteiger partial charge in [0, 0.05) is 7.11 Å². The van der Waals surface area contributed by atoms with E-state index in [1.807, 2.05) is 24.3 Å². The summed E-state index contributed by atoms with van der Waals surface area (Å²) in [6, 6.07) is 6.63. The summed E-state index contributed by atoms with van der Waals surface area (Å²) in [6.07, 6.45) is 0.161. The molecule has 1 aromatic carbocycles. The molecular formula is C15H21NO4. The highest BCUT2D eigenvalue weighted by atomic mass is 16.5. The SMILES string of the molecule is COCc1cccc(CC(=O)N[C@@H](C(=O)O)C(C)C)c1. The topological polar surface area (TPSA) is 75.6 Å². The van der Waals surface area contributed by atoms with Crippen LogP contribution in [0.2, 0.25) is 0 Å². The number of aliphatic carboxylic acids is 1. The Labute approximate surface area is 118 Å². The van der Waals surface area contributed by atoms with Crippen molar-refractivity contribution >= 4 is 11.9 Å². The van der Waals surface area contributed by atoms with Gasteiger partial charge in [0.05, 0.1) is 13.0 Å². The summed E-state index contributed by atoms with van der Waals surface area (Å²) >= 11 is 0. The molecule has 0 aliphatic carbocycles. The van der Waals surface area contributed by atoms with Gasteiger partial charge >= 0.3 is 5.97 Å². The number of carbonyl (C=O) groups is 2. The molecule has 0 fully saturated rings. The zero-order valence-corrected chi connectivity index (χ0v) is 12.1. The van der Waals surface area contributed by atoms with Crippen LogP contribution < -0.4 is 5.32 Å². The van der Waals surface area contributed by atoms with Crippen LogP contribution in [0.5, 0.6) is 0 Å². The van der Waals surface area contributed by atoms with Crippen LogP contribution >= 0.6 is 0 Å². The first-order chi connectivity index (χ1) is 9.43. The van der Waals surface area contributed by atoms with E-state index in [0.717, 1.165) is 11.1 Å². The van der Waals surface area contributed by atoms with Crippen molar-refractivity contribution in [2.24, 2.45) is 5.92 Å². The molecule has 0 unspecified atom stereocenters. The first-order valence-electron chi connectivity index (χ1n) is 6.53. The van der Waals surface area contributed by atoms with Crippen molar-refractivity contribution in [3.05, 3.63) is 35.4 Å². The lowest BCUT2D eigenvalue weighted by Crippen LogP contribution is -2.44. The highest BCUT2D eigenvalue weighted by Crippen LogP contribution is 2.08. The van der Waals surface area contributed by atoms with Crippen LogP contribution in [0, 0.1) is 5.92 Å². The molecule has 0 saturated carbocycles. The van der Waals surface area contributed by atoms with Gasteiger partial charge in [-0.25, -0.2) is 4.79 Å². The maximum Gasteiger partial charge on any atom is 0.326 e. The van der Waals surface area contributed by atoms with Crippen LogP contribution in [0.1, 0.15) is 25.0 Å². The Morgan fingerprint density at radius 3 is 2.50 bits per heavy atom. The summed E-state index contributed by atoms with van der Waals surface area (Å²) in [5.74, 6) is -1.46. The number of methoxy groups -OCH3 is 1. The van der Waals surface area contributed by atoms with E-state index in [0.29, 0.717) is 6.61 Å². The molecule has 20 heavy (non-hydrogen) atoms. The minimum Gasteiger partial charge on any atom is -0.480 e. The molecule has 1 aromatic rings. The van der Waals surface area contributed by atoms with Crippen molar-refractivity contribution in [3.63, 3.8) is 0 Å². The number of carboxylic acid groups (broad SMARTS) is 1. The van der Waals surface area contributed by atoms with Gasteiger partial charge in [0.25, 0.3) is 0 Å². The standard InChI is InChI=1S/C15H21NO4/c1-10(2)14(15(18)19)16-13(17)8-11-5-4-6-12(7-11)9-20-3/h4-7,10,14H,8-9H2,1-3H3,(H,16,17)(H,18,19)/t14-/m1/s1. The molecular weight excluding hydrogens is 258 g/mol. The van der Waals surface area contributed by atoms with Gasteiger partial charge in [-0.15, -0.1) is 0 Å². The molecule has 0 aliphatic heterocycles. The second kappa shape index (κ2) is 7.65. The highest BCUT2D eigenvalue weighted by Gasteiger charge is 2.23. The third-order valence-corrected chi connectivity index (χ3v) is 2.92. The van der Waals surface area contributed by atoms with E-state index >= 15 is 0 Å². The van der Waals surface area contributed by atoms with Crippen LogP contribution in [0.25, 0.3) is 0 Å². The summed E-state index contributed by atoms with van der Waals surface area (Å²) in [5, 5.41) is 11.6. The predicted molar refractivity (Wildman–Crippen MR) is 75.3 cm³/mol. The van der Waals surface area contributed by atoms with Crippen molar-refractivity contribution in [2.75, 3.05) is 7.11 Å². The van der Waals surface area contributed by atoms with Crippen LogP contribution in [0.3, 0.4) is 0 Å². The van der Waals surface area contributed by atoms with Gasteiger partial charge < -0.3 is 15.2 Å². The lowest BCUT2D eigenvalue weighted by atomic mass is 10.0. The molecule has 2 N–H and O–H groups in total. The Morgan fingerprint density at radius 2 is 1.95 bits per heavy atom. The molecule has 1 atom stereocenters. The largest absolute Gasteiger partial charge is 0.480 e. The molecule has 1 amide bonds. The quantitative estimate of drug-likeness (QED) is 0.795. The van der Waals surface area contributed by atoms with E-state index in [2.05, 4.69) is 5.32 Å². The first-order valence-corrected chi connectivity index (χ1v) is 6.53. The molecule has 0 bridgehead atoms. The molecule has 5 heteroatoms. The highest BCUT2D eigenvalue weighted by molar-refractivity contribution is 5.85. The fourth-order valence-corrected chi connectivity index (χ4v) is 1.92. The summed E-state index contributed by atoms with van der Waals surface area (Å²) in [5.41, 5.74) is 1.82. The molecule has 110 valence electrons. The normalized spacial score (nSPS) is 12.2. The maximum atomic E-state index is 11.9. The van der Waals surface area contributed by atoms with E-state index in [1.165, 1.54) is 0 Å². The van der Waals surface area contributed by atoms with Gasteiger partial charge in [-0.2, -0.15) is 0 Å². The number of amides is 1. The van der Waals surface area contributed by atoms with Gasteiger partial charge in [0.15, 0.2) is 0 Å². The van der Waals surface area contributed by atoms with Crippen LogP contribution in [-0.2, 0) is 27.4 Å². The zero-order chi connectivity index (χ0) is 15.1. The third-order valence-electron chi connectivity index (χ3n) is 2.92. The Morgan fingerprint density at radius 1 is 1.30 bits per heavy atom. The average Bonchev–Trinajstić information content (AvgIpc) is 2.36. The maximum absolute atomic E-state index is 11.9. The molecule has 0 radical (unpaired) electrons. The molecule has 5 nitrogen and oxygen atoms in total. The zero-order valence-electron chi connectivity index (χ0n) is 12.1. The van der Waals surface area contributed by atoms with Crippen LogP contribution in [0.4, 0.5) is 0 Å². The fourth-order valence-electron chi connectivity index (χ4n) is 1.92. The average molecular weight is 279 g/mol. The molecule has 0 aliphatic rings. The summed E-state index contributed by atoms with van der Waals surface area (Å²) in [7, 11) is 1.61. The number of ether oxygens (including phenoxy) is 1. The third kappa shape index (κ3) is 5.01. The Bertz CT molecular complexity index is 471. The van der Waals surface area contributed by atoms with E-state index in [9.17, 15) is 9.59 Å². The van der Waals surface area contributed by atoms with Gasteiger partial charge in [0.2, 0.25) is 5.91 Å². The van der Waals surface area contributed by atoms with Crippen molar-refractivity contribution in [2.45, 2.75) is 32.9 Å².